The minimum absolute atomic E-state index is 0.0153. The first-order valence-corrected chi connectivity index (χ1v) is 5.73. The molecule has 0 aliphatic rings. The lowest BCUT2D eigenvalue weighted by molar-refractivity contribution is 0.0602. The molecule has 0 aromatic carbocycles. The molecule has 0 unspecified atom stereocenters. The quantitative estimate of drug-likeness (QED) is 0.688. The van der Waals surface area contributed by atoms with Crippen LogP contribution in [0.5, 0.6) is 0 Å². The summed E-state index contributed by atoms with van der Waals surface area (Å²) in [5, 5.41) is 4.93. The second-order valence-corrected chi connectivity index (χ2v) is 5.25. The van der Waals surface area contributed by atoms with Crippen molar-refractivity contribution in [3.8, 4) is 0 Å². The molecule has 0 spiro atoms. The molecule has 0 amide bonds. The highest BCUT2D eigenvalue weighted by atomic mass is 32.2. The molecule has 6 nitrogen and oxygen atoms in total. The van der Waals surface area contributed by atoms with Gasteiger partial charge in [0.1, 0.15) is 9.21 Å². The summed E-state index contributed by atoms with van der Waals surface area (Å²) in [6.07, 6.45) is 0. The molecule has 1 aromatic rings. The van der Waals surface area contributed by atoms with Gasteiger partial charge in [-0.2, -0.15) is 0 Å². The third kappa shape index (κ3) is 2.03. The molecular formula is C6H8N2O4S2. The van der Waals surface area contributed by atoms with Crippen molar-refractivity contribution in [2.24, 2.45) is 5.14 Å². The average molecular weight is 236 g/mol. The van der Waals surface area contributed by atoms with Crippen LogP contribution in [0, 0.1) is 0 Å². The van der Waals surface area contributed by atoms with Crippen molar-refractivity contribution in [3.05, 3.63) is 11.6 Å². The van der Waals surface area contributed by atoms with Crippen molar-refractivity contribution in [1.29, 1.82) is 0 Å². The van der Waals surface area contributed by atoms with Gasteiger partial charge < -0.3 is 10.5 Å². The Bertz CT molecular complexity index is 462. The van der Waals surface area contributed by atoms with E-state index in [1.165, 1.54) is 7.11 Å². The summed E-state index contributed by atoms with van der Waals surface area (Å²) in [6, 6.07) is 1.10. The molecule has 4 N–H and O–H groups in total. The van der Waals surface area contributed by atoms with Crippen LogP contribution >= 0.6 is 11.3 Å². The van der Waals surface area contributed by atoms with Crippen LogP contribution in [0.3, 0.4) is 0 Å². The summed E-state index contributed by atoms with van der Waals surface area (Å²) >= 11 is 0.729. The molecule has 78 valence electrons. The maximum absolute atomic E-state index is 11.0. The zero-order chi connectivity index (χ0) is 10.9. The van der Waals surface area contributed by atoms with Crippen LogP contribution < -0.4 is 10.9 Å². The van der Waals surface area contributed by atoms with E-state index >= 15 is 0 Å². The number of thiophene rings is 1. The fraction of sp³-hybridized carbons (Fsp3) is 0.167. The zero-order valence-corrected chi connectivity index (χ0v) is 8.81. The topological polar surface area (TPSA) is 112 Å². The zero-order valence-electron chi connectivity index (χ0n) is 7.18. The minimum Gasteiger partial charge on any atom is -0.465 e. The van der Waals surface area contributed by atoms with E-state index in [9.17, 15) is 13.2 Å². The highest BCUT2D eigenvalue weighted by molar-refractivity contribution is 7.91. The standard InChI is InChI=1S/C6H8N2O4S2/c1-12-6(9)3-2-4(13-5(3)7)14(8,10)11/h2H,7H2,1H3,(H2,8,10,11). The SMILES string of the molecule is COC(=O)c1cc(S(N)(=O)=O)sc1N. The fourth-order valence-electron chi connectivity index (χ4n) is 0.791. The lowest BCUT2D eigenvalue weighted by Gasteiger charge is -1.94. The van der Waals surface area contributed by atoms with Crippen LogP contribution in [-0.2, 0) is 14.8 Å². The van der Waals surface area contributed by atoms with E-state index in [-0.39, 0.29) is 14.8 Å². The summed E-state index contributed by atoms with van der Waals surface area (Å²) in [7, 11) is -2.64. The Morgan fingerprint density at radius 2 is 2.14 bits per heavy atom. The molecule has 1 rings (SSSR count). The monoisotopic (exact) mass is 236 g/mol. The third-order valence-corrected chi connectivity index (χ3v) is 3.81. The van der Waals surface area contributed by atoms with Gasteiger partial charge in [0.2, 0.25) is 10.0 Å². The first-order valence-electron chi connectivity index (χ1n) is 3.36. The minimum atomic E-state index is -3.82. The lowest BCUT2D eigenvalue weighted by atomic mass is 10.3. The van der Waals surface area contributed by atoms with Gasteiger partial charge in [0, 0.05) is 0 Å². The number of hydrogen-bond donors (Lipinski definition) is 2. The molecule has 1 heterocycles. The van der Waals surface area contributed by atoms with Crippen LogP contribution in [0.15, 0.2) is 10.3 Å². The number of primary sulfonamides is 1. The second-order valence-electron chi connectivity index (χ2n) is 2.38. The number of carbonyl (C=O) groups excluding carboxylic acids is 1. The summed E-state index contributed by atoms with van der Waals surface area (Å²) in [5.41, 5.74) is 5.43. The normalized spacial score (nSPS) is 11.3. The third-order valence-electron chi connectivity index (χ3n) is 1.42. The number of nitrogens with two attached hydrogens (primary N) is 2. The maximum atomic E-state index is 11.0. The van der Waals surface area contributed by atoms with E-state index in [2.05, 4.69) is 4.74 Å². The molecule has 0 atom stereocenters. The van der Waals surface area contributed by atoms with Gasteiger partial charge >= 0.3 is 5.97 Å². The van der Waals surface area contributed by atoms with E-state index in [0.717, 1.165) is 17.4 Å². The number of rotatable bonds is 2. The number of anilines is 1. The molecule has 0 aliphatic heterocycles. The predicted molar refractivity (Wildman–Crippen MR) is 51.4 cm³/mol. The van der Waals surface area contributed by atoms with Crippen molar-refractivity contribution in [1.82, 2.24) is 0 Å². The van der Waals surface area contributed by atoms with E-state index in [0.29, 0.717) is 0 Å². The van der Waals surface area contributed by atoms with Crippen molar-refractivity contribution >= 4 is 32.3 Å². The Balaban J connectivity index is 3.25. The van der Waals surface area contributed by atoms with Gasteiger partial charge in [0.05, 0.1) is 12.7 Å². The predicted octanol–water partition coefficient (Wildman–Crippen LogP) is -0.236. The molecular weight excluding hydrogens is 228 g/mol. The van der Waals surface area contributed by atoms with Gasteiger partial charge in [0.15, 0.2) is 0 Å². The smallest absolute Gasteiger partial charge is 0.340 e. The van der Waals surface area contributed by atoms with E-state index in [4.69, 9.17) is 10.9 Å². The first kappa shape index (κ1) is 11.0. The summed E-state index contributed by atoms with van der Waals surface area (Å²) in [4.78, 5) is 11.0. The molecule has 0 fully saturated rings. The molecule has 0 aliphatic carbocycles. The Morgan fingerprint density at radius 3 is 2.50 bits per heavy atom. The number of nitrogen functional groups attached to an aromatic ring is 1. The molecule has 0 saturated heterocycles. The van der Waals surface area contributed by atoms with Crippen LogP contribution in [0.4, 0.5) is 5.00 Å². The van der Waals surface area contributed by atoms with E-state index < -0.39 is 16.0 Å². The number of esters is 1. The molecule has 0 saturated carbocycles. The van der Waals surface area contributed by atoms with Crippen LogP contribution in [0.25, 0.3) is 0 Å². The molecule has 0 bridgehead atoms. The van der Waals surface area contributed by atoms with Gasteiger partial charge in [-0.25, -0.2) is 18.4 Å². The summed E-state index contributed by atoms with van der Waals surface area (Å²) in [6.45, 7) is 0. The molecule has 8 heteroatoms. The van der Waals surface area contributed by atoms with Crippen LogP contribution in [-0.4, -0.2) is 21.5 Å². The van der Waals surface area contributed by atoms with Gasteiger partial charge in [0.25, 0.3) is 0 Å². The van der Waals surface area contributed by atoms with E-state index in [1.54, 1.807) is 0 Å². The highest BCUT2D eigenvalue weighted by Crippen LogP contribution is 2.28. The Hall–Kier alpha value is -1.12. The van der Waals surface area contributed by atoms with Gasteiger partial charge in [-0.15, -0.1) is 11.3 Å². The number of methoxy groups -OCH3 is 1. The van der Waals surface area contributed by atoms with E-state index in [1.807, 2.05) is 0 Å². The second kappa shape index (κ2) is 3.56. The Labute approximate surface area is 84.5 Å². The van der Waals surface area contributed by atoms with Crippen molar-refractivity contribution in [3.63, 3.8) is 0 Å². The summed E-state index contributed by atoms with van der Waals surface area (Å²) in [5.74, 6) is -0.686. The van der Waals surface area contributed by atoms with Crippen molar-refractivity contribution in [2.45, 2.75) is 4.21 Å². The van der Waals surface area contributed by atoms with Crippen LogP contribution in [0.1, 0.15) is 10.4 Å². The lowest BCUT2D eigenvalue weighted by Crippen LogP contribution is -2.10. The molecule has 14 heavy (non-hydrogen) atoms. The Kier molecular flexibility index (Phi) is 2.79. The van der Waals surface area contributed by atoms with Crippen molar-refractivity contribution < 1.29 is 17.9 Å². The van der Waals surface area contributed by atoms with Gasteiger partial charge in [-0.1, -0.05) is 0 Å². The number of ether oxygens (including phenoxy) is 1. The number of sulfonamides is 1. The van der Waals surface area contributed by atoms with Crippen molar-refractivity contribution in [2.75, 3.05) is 12.8 Å². The van der Waals surface area contributed by atoms with Crippen LogP contribution in [0.2, 0.25) is 0 Å². The molecule has 0 radical (unpaired) electrons. The number of hydrogen-bond acceptors (Lipinski definition) is 6. The van der Waals surface area contributed by atoms with Gasteiger partial charge in [-0.3, -0.25) is 0 Å². The maximum Gasteiger partial charge on any atom is 0.340 e. The van der Waals surface area contributed by atoms with Gasteiger partial charge in [-0.05, 0) is 6.07 Å². The largest absolute Gasteiger partial charge is 0.465 e. The Morgan fingerprint density at radius 1 is 1.57 bits per heavy atom. The first-order chi connectivity index (χ1) is 6.36. The average Bonchev–Trinajstić information content (AvgIpc) is 2.45. The summed E-state index contributed by atoms with van der Waals surface area (Å²) < 4.78 is 26.0. The molecule has 1 aromatic heterocycles. The highest BCUT2D eigenvalue weighted by Gasteiger charge is 2.19. The number of carbonyl (C=O) groups is 1. The fourth-order valence-corrected chi connectivity index (χ4v) is 2.45.